The molecule has 4 nitrogen and oxygen atoms in total. The molecule has 0 bridgehead atoms. The summed E-state index contributed by atoms with van der Waals surface area (Å²) < 4.78 is 4.53. The van der Waals surface area contributed by atoms with Crippen LogP contribution in [0.25, 0.3) is 0 Å². The number of likely N-dealkylation sites (tertiary alicyclic amines) is 1. The summed E-state index contributed by atoms with van der Waals surface area (Å²) in [5.74, 6) is 0. The zero-order chi connectivity index (χ0) is 11.4. The van der Waals surface area contributed by atoms with Crippen LogP contribution in [-0.2, 0) is 6.54 Å². The average Bonchev–Trinajstić information content (AvgIpc) is 2.68. The zero-order valence-corrected chi connectivity index (χ0v) is 10.7. The SMILES string of the molecule is OCCC1CCCCN1Cc1nnsc1Cl. The van der Waals surface area contributed by atoms with Crippen LogP contribution in [0.4, 0.5) is 0 Å². The normalized spacial score (nSPS) is 22.5. The van der Waals surface area contributed by atoms with E-state index in [1.165, 1.54) is 24.4 Å². The lowest BCUT2D eigenvalue weighted by molar-refractivity contribution is 0.111. The molecule has 6 heteroatoms. The molecule has 1 saturated heterocycles. The first-order chi connectivity index (χ1) is 7.81. The van der Waals surface area contributed by atoms with Gasteiger partial charge in [-0.25, -0.2) is 0 Å². The second-order valence-corrected chi connectivity index (χ2v) is 5.48. The van der Waals surface area contributed by atoms with Crippen LogP contribution in [0.2, 0.25) is 4.34 Å². The summed E-state index contributed by atoms with van der Waals surface area (Å²) in [5, 5.41) is 13.1. The maximum absolute atomic E-state index is 9.04. The predicted octanol–water partition coefficient (Wildman–Crippen LogP) is 1.93. The molecule has 1 aliphatic rings. The van der Waals surface area contributed by atoms with Gasteiger partial charge in [0, 0.05) is 30.7 Å². The zero-order valence-electron chi connectivity index (χ0n) is 9.10. The number of rotatable bonds is 4. The third-order valence-electron chi connectivity index (χ3n) is 3.07. The van der Waals surface area contributed by atoms with Gasteiger partial charge in [0.05, 0.1) is 0 Å². The van der Waals surface area contributed by atoms with Crippen molar-refractivity contribution in [2.75, 3.05) is 13.2 Å². The van der Waals surface area contributed by atoms with E-state index in [9.17, 15) is 0 Å². The molecule has 0 aliphatic carbocycles. The number of aliphatic hydroxyl groups is 1. The fourth-order valence-corrected chi connectivity index (χ4v) is 2.84. The fraction of sp³-hybridized carbons (Fsp3) is 0.800. The van der Waals surface area contributed by atoms with Crippen LogP contribution in [0, 0.1) is 0 Å². The topological polar surface area (TPSA) is 49.2 Å². The van der Waals surface area contributed by atoms with Crippen molar-refractivity contribution in [3.63, 3.8) is 0 Å². The summed E-state index contributed by atoms with van der Waals surface area (Å²) in [4.78, 5) is 2.36. The van der Waals surface area contributed by atoms with Gasteiger partial charge in [0.25, 0.3) is 0 Å². The molecule has 2 heterocycles. The van der Waals surface area contributed by atoms with Crippen LogP contribution in [0.3, 0.4) is 0 Å². The van der Waals surface area contributed by atoms with Crippen molar-refractivity contribution in [1.82, 2.24) is 14.5 Å². The van der Waals surface area contributed by atoms with Crippen LogP contribution >= 0.6 is 23.1 Å². The van der Waals surface area contributed by atoms with E-state index in [1.54, 1.807) is 0 Å². The van der Waals surface area contributed by atoms with Crippen molar-refractivity contribution < 1.29 is 5.11 Å². The molecule has 2 rings (SSSR count). The Kier molecular flexibility index (Phi) is 4.52. The van der Waals surface area contributed by atoms with E-state index in [2.05, 4.69) is 14.5 Å². The molecule has 90 valence electrons. The average molecular weight is 262 g/mol. The van der Waals surface area contributed by atoms with E-state index in [-0.39, 0.29) is 6.61 Å². The van der Waals surface area contributed by atoms with Gasteiger partial charge < -0.3 is 5.11 Å². The molecule has 0 aromatic carbocycles. The monoisotopic (exact) mass is 261 g/mol. The molecular formula is C10H16ClN3OS. The summed E-state index contributed by atoms with van der Waals surface area (Å²) in [5.41, 5.74) is 0.872. The Hall–Kier alpha value is -0.230. The Morgan fingerprint density at radius 2 is 2.38 bits per heavy atom. The summed E-state index contributed by atoms with van der Waals surface area (Å²) in [7, 11) is 0. The highest BCUT2D eigenvalue weighted by Crippen LogP contribution is 2.24. The number of aromatic nitrogens is 2. The van der Waals surface area contributed by atoms with Gasteiger partial charge in [-0.2, -0.15) is 0 Å². The van der Waals surface area contributed by atoms with Crippen molar-refractivity contribution in [2.45, 2.75) is 38.3 Å². The van der Waals surface area contributed by atoms with E-state index < -0.39 is 0 Å². The van der Waals surface area contributed by atoms with Crippen LogP contribution in [0.15, 0.2) is 0 Å². The van der Waals surface area contributed by atoms with Crippen molar-refractivity contribution in [3.05, 3.63) is 10.0 Å². The van der Waals surface area contributed by atoms with Crippen molar-refractivity contribution in [1.29, 1.82) is 0 Å². The maximum Gasteiger partial charge on any atom is 0.138 e. The fourth-order valence-electron chi connectivity index (χ4n) is 2.23. The molecule has 0 saturated carbocycles. The molecule has 1 fully saturated rings. The van der Waals surface area contributed by atoms with Gasteiger partial charge in [-0.15, -0.1) is 5.10 Å². The molecule has 1 aromatic heterocycles. The molecule has 1 atom stereocenters. The van der Waals surface area contributed by atoms with Gasteiger partial charge in [0.2, 0.25) is 0 Å². The molecule has 0 radical (unpaired) electrons. The molecule has 1 unspecified atom stereocenters. The molecule has 0 spiro atoms. The van der Waals surface area contributed by atoms with Gasteiger partial charge in [-0.3, -0.25) is 4.90 Å². The molecule has 0 amide bonds. The summed E-state index contributed by atoms with van der Waals surface area (Å²) >= 11 is 7.24. The first-order valence-corrected chi connectivity index (χ1v) is 6.78. The standard InChI is InChI=1S/C10H16ClN3OS/c11-10-9(12-13-16-10)7-14-5-2-1-3-8(14)4-6-15/h8,15H,1-7H2. The lowest BCUT2D eigenvalue weighted by atomic mass is 9.99. The molecule has 1 aromatic rings. The highest BCUT2D eigenvalue weighted by atomic mass is 35.5. The van der Waals surface area contributed by atoms with Crippen molar-refractivity contribution in [2.24, 2.45) is 0 Å². The number of halogens is 1. The highest BCUT2D eigenvalue weighted by Gasteiger charge is 2.23. The summed E-state index contributed by atoms with van der Waals surface area (Å²) in [6, 6.07) is 0.469. The number of nitrogens with zero attached hydrogens (tertiary/aromatic N) is 3. The highest BCUT2D eigenvalue weighted by molar-refractivity contribution is 7.10. The molecule has 16 heavy (non-hydrogen) atoms. The lowest BCUT2D eigenvalue weighted by Gasteiger charge is -2.34. The summed E-state index contributed by atoms with van der Waals surface area (Å²) in [6.45, 7) is 2.09. The van der Waals surface area contributed by atoms with Crippen LogP contribution < -0.4 is 0 Å². The van der Waals surface area contributed by atoms with Crippen LogP contribution in [0.1, 0.15) is 31.4 Å². The smallest absolute Gasteiger partial charge is 0.138 e. The lowest BCUT2D eigenvalue weighted by Crippen LogP contribution is -2.39. The second-order valence-electron chi connectivity index (χ2n) is 4.13. The van der Waals surface area contributed by atoms with Crippen molar-refractivity contribution >= 4 is 23.1 Å². The maximum atomic E-state index is 9.04. The van der Waals surface area contributed by atoms with E-state index >= 15 is 0 Å². The van der Waals surface area contributed by atoms with E-state index in [0.717, 1.165) is 31.6 Å². The largest absolute Gasteiger partial charge is 0.396 e. The third kappa shape index (κ3) is 2.91. The van der Waals surface area contributed by atoms with Gasteiger partial charge >= 0.3 is 0 Å². The predicted molar refractivity (Wildman–Crippen MR) is 64.7 cm³/mol. The number of hydrogen-bond donors (Lipinski definition) is 1. The first-order valence-electron chi connectivity index (χ1n) is 5.63. The van der Waals surface area contributed by atoms with Gasteiger partial charge in [0.1, 0.15) is 10.0 Å². The minimum absolute atomic E-state index is 0.254. The van der Waals surface area contributed by atoms with E-state index in [1.807, 2.05) is 0 Å². The number of hydrogen-bond acceptors (Lipinski definition) is 5. The molecule has 1 aliphatic heterocycles. The number of piperidine rings is 1. The van der Waals surface area contributed by atoms with Crippen LogP contribution in [-0.4, -0.2) is 38.8 Å². The van der Waals surface area contributed by atoms with E-state index in [4.69, 9.17) is 16.7 Å². The molecule has 1 N–H and O–H groups in total. The first kappa shape index (κ1) is 12.2. The molecular weight excluding hydrogens is 246 g/mol. The Morgan fingerprint density at radius 3 is 3.06 bits per heavy atom. The van der Waals surface area contributed by atoms with Gasteiger partial charge in [0.15, 0.2) is 0 Å². The Balaban J connectivity index is 1.98. The Bertz CT molecular complexity index is 332. The van der Waals surface area contributed by atoms with E-state index in [0.29, 0.717) is 10.4 Å². The van der Waals surface area contributed by atoms with Crippen LogP contribution in [0.5, 0.6) is 0 Å². The minimum atomic E-state index is 0.254. The Labute approximate surface area is 104 Å². The minimum Gasteiger partial charge on any atom is -0.396 e. The Morgan fingerprint density at radius 1 is 1.50 bits per heavy atom. The van der Waals surface area contributed by atoms with Crippen molar-refractivity contribution in [3.8, 4) is 0 Å². The second kappa shape index (κ2) is 5.91. The summed E-state index contributed by atoms with van der Waals surface area (Å²) in [6.07, 6.45) is 4.48. The van der Waals surface area contributed by atoms with Gasteiger partial charge in [-0.1, -0.05) is 22.5 Å². The van der Waals surface area contributed by atoms with Gasteiger partial charge in [-0.05, 0) is 25.8 Å². The number of aliphatic hydroxyl groups excluding tert-OH is 1. The third-order valence-corrected chi connectivity index (χ3v) is 4.06. The quantitative estimate of drug-likeness (QED) is 0.900.